The Bertz CT molecular complexity index is 598. The molecule has 1 heterocycles. The normalized spacial score (nSPS) is 25.4. The van der Waals surface area contributed by atoms with Gasteiger partial charge in [-0.3, -0.25) is 4.99 Å². The van der Waals surface area contributed by atoms with Gasteiger partial charge in [0.2, 0.25) is 0 Å². The topological polar surface area (TPSA) is 27.6 Å². The molecule has 1 aliphatic heterocycles. The zero-order valence-corrected chi connectivity index (χ0v) is 16.8. The van der Waals surface area contributed by atoms with Gasteiger partial charge in [0.25, 0.3) is 0 Å². The van der Waals surface area contributed by atoms with Crippen molar-refractivity contribution in [2.75, 3.05) is 19.6 Å². The summed E-state index contributed by atoms with van der Waals surface area (Å²) >= 11 is 0. The zero-order chi connectivity index (χ0) is 16.6. The van der Waals surface area contributed by atoms with Gasteiger partial charge in [-0.2, -0.15) is 0 Å². The number of nitrogens with one attached hydrogen (secondary N) is 1. The second kappa shape index (κ2) is 7.54. The molecule has 24 heavy (non-hydrogen) atoms. The van der Waals surface area contributed by atoms with Gasteiger partial charge < -0.3 is 10.2 Å². The maximum absolute atomic E-state index is 13.9. The van der Waals surface area contributed by atoms with E-state index in [4.69, 9.17) is 0 Å². The maximum Gasteiger partial charge on any atom is 0.194 e. The summed E-state index contributed by atoms with van der Waals surface area (Å²) in [5.74, 6) is -0.123. The number of nitrogens with zero attached hydrogens (tertiary/aromatic N) is 2. The molecule has 6 heteroatoms. The van der Waals surface area contributed by atoms with Crippen LogP contribution in [0.4, 0.5) is 8.78 Å². The molecule has 1 saturated carbocycles. The lowest BCUT2D eigenvalue weighted by Gasteiger charge is -2.24. The van der Waals surface area contributed by atoms with Gasteiger partial charge in [-0.1, -0.05) is 19.9 Å². The third-order valence-corrected chi connectivity index (χ3v) is 4.76. The standard InChI is InChI=1S/C18H25F2N3.HI/c1-4-21-17(23-9-8-18(2,3)11-23)22-15-10-12(15)16-13(19)6-5-7-14(16)20;/h5-7,12,15H,4,8-11H2,1-3H3,(H,21,22);1H. The highest BCUT2D eigenvalue weighted by molar-refractivity contribution is 14.0. The predicted octanol–water partition coefficient (Wildman–Crippen LogP) is 4.14. The van der Waals surface area contributed by atoms with E-state index in [2.05, 4.69) is 29.1 Å². The Labute approximate surface area is 159 Å². The van der Waals surface area contributed by atoms with Crippen molar-refractivity contribution in [1.82, 2.24) is 10.2 Å². The molecule has 0 spiro atoms. The summed E-state index contributed by atoms with van der Waals surface area (Å²) in [5, 5.41) is 3.42. The van der Waals surface area contributed by atoms with Crippen molar-refractivity contribution in [1.29, 1.82) is 0 Å². The van der Waals surface area contributed by atoms with Crippen molar-refractivity contribution in [3.63, 3.8) is 0 Å². The van der Waals surface area contributed by atoms with Crippen LogP contribution in [0, 0.1) is 17.0 Å². The summed E-state index contributed by atoms with van der Waals surface area (Å²) in [5.41, 5.74) is 0.499. The molecule has 3 rings (SSSR count). The van der Waals surface area contributed by atoms with E-state index in [0.717, 1.165) is 31.9 Å². The Morgan fingerprint density at radius 3 is 2.54 bits per heavy atom. The van der Waals surface area contributed by atoms with Crippen LogP contribution in [0.25, 0.3) is 0 Å². The molecule has 1 N–H and O–H groups in total. The van der Waals surface area contributed by atoms with Crippen molar-refractivity contribution in [3.8, 4) is 0 Å². The first kappa shape index (κ1) is 19.4. The molecule has 0 amide bonds. The molecule has 2 fully saturated rings. The molecule has 1 saturated heterocycles. The first-order chi connectivity index (χ1) is 10.9. The number of hydrogen-bond donors (Lipinski definition) is 1. The molecule has 0 aromatic heterocycles. The van der Waals surface area contributed by atoms with Gasteiger partial charge in [-0.05, 0) is 37.3 Å². The first-order valence-corrected chi connectivity index (χ1v) is 8.41. The third kappa shape index (κ3) is 4.18. The van der Waals surface area contributed by atoms with Crippen molar-refractivity contribution < 1.29 is 8.78 Å². The van der Waals surface area contributed by atoms with Crippen molar-refractivity contribution in [2.24, 2.45) is 10.4 Å². The van der Waals surface area contributed by atoms with Crippen LogP contribution in [0.15, 0.2) is 23.2 Å². The van der Waals surface area contributed by atoms with E-state index >= 15 is 0 Å². The predicted molar refractivity (Wildman–Crippen MR) is 104 cm³/mol. The second-order valence-corrected chi connectivity index (χ2v) is 7.36. The van der Waals surface area contributed by atoms with Crippen LogP contribution in [-0.2, 0) is 0 Å². The monoisotopic (exact) mass is 449 g/mol. The van der Waals surface area contributed by atoms with Crippen LogP contribution in [0.2, 0.25) is 0 Å². The Morgan fingerprint density at radius 2 is 2.00 bits per heavy atom. The average molecular weight is 449 g/mol. The molecule has 2 aliphatic rings. The highest BCUT2D eigenvalue weighted by Crippen LogP contribution is 2.43. The summed E-state index contributed by atoms with van der Waals surface area (Å²) in [6.07, 6.45) is 1.88. The fourth-order valence-corrected chi connectivity index (χ4v) is 3.38. The molecule has 2 unspecified atom stereocenters. The molecule has 3 nitrogen and oxygen atoms in total. The van der Waals surface area contributed by atoms with E-state index in [1.807, 2.05) is 6.92 Å². The number of hydrogen-bond acceptors (Lipinski definition) is 1. The molecule has 2 atom stereocenters. The number of likely N-dealkylation sites (tertiary alicyclic amines) is 1. The van der Waals surface area contributed by atoms with Crippen LogP contribution in [-0.4, -0.2) is 36.5 Å². The lowest BCUT2D eigenvalue weighted by molar-refractivity contribution is 0.369. The first-order valence-electron chi connectivity index (χ1n) is 8.41. The summed E-state index contributed by atoms with van der Waals surface area (Å²) in [6, 6.07) is 4.14. The minimum absolute atomic E-state index is 0. The number of guanidine groups is 1. The zero-order valence-electron chi connectivity index (χ0n) is 14.5. The maximum atomic E-state index is 13.9. The minimum Gasteiger partial charge on any atom is -0.353 e. The molecule has 1 aromatic rings. The lowest BCUT2D eigenvalue weighted by Crippen LogP contribution is -2.42. The van der Waals surface area contributed by atoms with Crippen LogP contribution in [0.1, 0.15) is 45.1 Å². The summed E-state index contributed by atoms with van der Waals surface area (Å²) in [6.45, 7) is 9.15. The molecule has 1 aromatic carbocycles. The van der Waals surface area contributed by atoms with E-state index in [9.17, 15) is 8.78 Å². The summed E-state index contributed by atoms with van der Waals surface area (Å²) < 4.78 is 27.8. The molecule has 0 radical (unpaired) electrons. The van der Waals surface area contributed by atoms with Crippen LogP contribution in [0.3, 0.4) is 0 Å². The van der Waals surface area contributed by atoms with Gasteiger partial charge in [0.15, 0.2) is 5.96 Å². The summed E-state index contributed by atoms with van der Waals surface area (Å²) in [7, 11) is 0. The van der Waals surface area contributed by atoms with Gasteiger partial charge in [0.1, 0.15) is 11.6 Å². The van der Waals surface area contributed by atoms with Gasteiger partial charge in [-0.15, -0.1) is 24.0 Å². The van der Waals surface area contributed by atoms with Crippen LogP contribution in [0.5, 0.6) is 0 Å². The Kier molecular flexibility index (Phi) is 6.09. The Hall–Kier alpha value is -0.920. The quantitative estimate of drug-likeness (QED) is 0.427. The van der Waals surface area contributed by atoms with E-state index in [0.29, 0.717) is 6.54 Å². The van der Waals surface area contributed by atoms with Gasteiger partial charge in [-0.25, -0.2) is 8.78 Å². The molecule has 1 aliphatic carbocycles. The Morgan fingerprint density at radius 1 is 1.33 bits per heavy atom. The molecule has 0 bridgehead atoms. The highest BCUT2D eigenvalue weighted by Gasteiger charge is 2.43. The molecular weight excluding hydrogens is 423 g/mol. The second-order valence-electron chi connectivity index (χ2n) is 7.36. The highest BCUT2D eigenvalue weighted by atomic mass is 127. The minimum atomic E-state index is -0.449. The van der Waals surface area contributed by atoms with E-state index in [1.165, 1.54) is 18.2 Å². The molecule has 134 valence electrons. The van der Waals surface area contributed by atoms with E-state index in [-0.39, 0.29) is 46.9 Å². The van der Waals surface area contributed by atoms with Crippen LogP contribution < -0.4 is 5.32 Å². The SMILES string of the molecule is CCN=C(NC1CC1c1c(F)cccc1F)N1CCC(C)(C)C1.I. The number of halogens is 3. The molecular formula is C18H26F2IN3. The average Bonchev–Trinajstić information content (AvgIpc) is 3.12. The van der Waals surface area contributed by atoms with Gasteiger partial charge >= 0.3 is 0 Å². The van der Waals surface area contributed by atoms with Crippen LogP contribution >= 0.6 is 24.0 Å². The van der Waals surface area contributed by atoms with Gasteiger partial charge in [0, 0.05) is 37.2 Å². The Balaban J connectivity index is 0.00000208. The smallest absolute Gasteiger partial charge is 0.194 e. The lowest BCUT2D eigenvalue weighted by atomic mass is 9.93. The summed E-state index contributed by atoms with van der Waals surface area (Å²) in [4.78, 5) is 6.83. The van der Waals surface area contributed by atoms with Crippen molar-refractivity contribution in [3.05, 3.63) is 35.4 Å². The third-order valence-electron chi connectivity index (χ3n) is 4.76. The largest absolute Gasteiger partial charge is 0.353 e. The fourth-order valence-electron chi connectivity index (χ4n) is 3.38. The number of rotatable bonds is 3. The van der Waals surface area contributed by atoms with Gasteiger partial charge in [0.05, 0.1) is 0 Å². The van der Waals surface area contributed by atoms with Crippen molar-refractivity contribution in [2.45, 2.75) is 45.6 Å². The van der Waals surface area contributed by atoms with E-state index < -0.39 is 11.6 Å². The van der Waals surface area contributed by atoms with E-state index in [1.54, 1.807) is 0 Å². The number of benzene rings is 1. The fraction of sp³-hybridized carbons (Fsp3) is 0.611. The van der Waals surface area contributed by atoms with Crippen molar-refractivity contribution >= 4 is 29.9 Å². The number of aliphatic imine (C=N–C) groups is 1.